The van der Waals surface area contributed by atoms with Crippen molar-refractivity contribution in [1.29, 1.82) is 0 Å². The summed E-state index contributed by atoms with van der Waals surface area (Å²) in [5, 5.41) is 4.81. The maximum atomic E-state index is 11.5. The van der Waals surface area contributed by atoms with E-state index in [2.05, 4.69) is 0 Å². The molecule has 0 spiro atoms. The Morgan fingerprint density at radius 1 is 1.28 bits per heavy atom. The highest BCUT2D eigenvalue weighted by molar-refractivity contribution is 7.89. The van der Waals surface area contributed by atoms with E-state index in [1.54, 1.807) is 0 Å². The highest BCUT2D eigenvalue weighted by Gasteiger charge is 2.17. The summed E-state index contributed by atoms with van der Waals surface area (Å²) >= 11 is 0. The van der Waals surface area contributed by atoms with Crippen LogP contribution in [0.4, 0.5) is 0 Å². The Balaban J connectivity index is 2.37. The number of ether oxygens (including phenoxy) is 1. The molecule has 100 valence electrons. The van der Waals surface area contributed by atoms with Gasteiger partial charge in [0.1, 0.15) is 12.6 Å². The molecule has 0 bridgehead atoms. The molecule has 6 nitrogen and oxygen atoms in total. The van der Waals surface area contributed by atoms with Gasteiger partial charge in [-0.15, -0.1) is 0 Å². The lowest BCUT2D eigenvalue weighted by Gasteiger charge is -2.10. The maximum absolute atomic E-state index is 11.5. The van der Waals surface area contributed by atoms with Crippen molar-refractivity contribution in [2.24, 2.45) is 10.9 Å². The fourth-order valence-corrected chi connectivity index (χ4v) is 1.83. The smallest absolute Gasteiger partial charge is 0.323 e. The Morgan fingerprint density at radius 3 is 2.44 bits per heavy atom. The first-order valence-electron chi connectivity index (χ1n) is 5.35. The van der Waals surface area contributed by atoms with Gasteiger partial charge in [0.25, 0.3) is 0 Å². The maximum Gasteiger partial charge on any atom is 0.323 e. The second kappa shape index (κ2) is 6.48. The summed E-state index contributed by atoms with van der Waals surface area (Å²) in [6.07, 6.45) is -0.0492. The monoisotopic (exact) mass is 272 g/mol. The van der Waals surface area contributed by atoms with E-state index in [1.165, 1.54) is 0 Å². The Bertz CT molecular complexity index is 487. The predicted octanol–water partition coefficient (Wildman–Crippen LogP) is -0.264. The van der Waals surface area contributed by atoms with E-state index in [9.17, 15) is 13.2 Å². The number of sulfonamides is 1. The second-order valence-electron chi connectivity index (χ2n) is 3.86. The van der Waals surface area contributed by atoms with Crippen LogP contribution in [0.1, 0.15) is 12.0 Å². The molecule has 0 aromatic heterocycles. The zero-order valence-corrected chi connectivity index (χ0v) is 10.6. The van der Waals surface area contributed by atoms with E-state index in [4.69, 9.17) is 15.6 Å². The van der Waals surface area contributed by atoms with E-state index < -0.39 is 22.0 Å². The van der Waals surface area contributed by atoms with Crippen molar-refractivity contribution < 1.29 is 17.9 Å². The molecule has 0 amide bonds. The summed E-state index contributed by atoms with van der Waals surface area (Å²) in [6, 6.07) is 8.14. The summed E-state index contributed by atoms with van der Waals surface area (Å²) in [5.74, 6) is -0.975. The molecular formula is C11H16N2O4S. The molecule has 0 radical (unpaired) electrons. The summed E-state index contributed by atoms with van der Waals surface area (Å²) in [5.41, 5.74) is 6.33. The molecule has 7 heteroatoms. The Morgan fingerprint density at radius 2 is 1.89 bits per heavy atom. The number of hydrogen-bond acceptors (Lipinski definition) is 5. The van der Waals surface area contributed by atoms with E-state index in [1.807, 2.05) is 30.3 Å². The Labute approximate surface area is 106 Å². The van der Waals surface area contributed by atoms with Gasteiger partial charge >= 0.3 is 5.97 Å². The lowest BCUT2D eigenvalue weighted by Crippen LogP contribution is -2.35. The number of hydrogen-bond donors (Lipinski definition) is 2. The van der Waals surface area contributed by atoms with Gasteiger partial charge < -0.3 is 10.5 Å². The van der Waals surface area contributed by atoms with E-state index in [0.717, 1.165) is 5.56 Å². The van der Waals surface area contributed by atoms with E-state index in [0.29, 0.717) is 0 Å². The van der Waals surface area contributed by atoms with Crippen LogP contribution in [0, 0.1) is 0 Å². The molecular weight excluding hydrogens is 256 g/mol. The molecule has 1 aromatic rings. The van der Waals surface area contributed by atoms with Crippen LogP contribution in [-0.2, 0) is 26.2 Å². The minimum atomic E-state index is -3.61. The Kier molecular flexibility index (Phi) is 5.26. The number of rotatable bonds is 6. The van der Waals surface area contributed by atoms with Crippen LogP contribution in [-0.4, -0.2) is 26.2 Å². The van der Waals surface area contributed by atoms with Gasteiger partial charge in [-0.2, -0.15) is 0 Å². The van der Waals surface area contributed by atoms with Crippen molar-refractivity contribution in [3.05, 3.63) is 35.9 Å². The van der Waals surface area contributed by atoms with Crippen LogP contribution in [0.5, 0.6) is 0 Å². The molecule has 0 fully saturated rings. The van der Waals surface area contributed by atoms with Gasteiger partial charge in [-0.25, -0.2) is 13.6 Å². The topological polar surface area (TPSA) is 112 Å². The molecule has 1 rings (SSSR count). The fourth-order valence-electron chi connectivity index (χ4n) is 1.24. The normalized spacial score (nSPS) is 13.0. The molecule has 4 N–H and O–H groups in total. The van der Waals surface area contributed by atoms with Gasteiger partial charge in [0.05, 0.1) is 5.75 Å². The van der Waals surface area contributed by atoms with Gasteiger partial charge in [0, 0.05) is 0 Å². The standard InChI is InChI=1S/C11H16N2O4S/c12-10(6-7-18(13,15)16)11(14)17-8-9-4-2-1-3-5-9/h1-5,10H,6-8,12H2,(H2,13,15,16)/t10-/m0/s1. The van der Waals surface area contributed by atoms with Gasteiger partial charge in [-0.1, -0.05) is 30.3 Å². The zero-order valence-electron chi connectivity index (χ0n) is 9.78. The predicted molar refractivity (Wildman–Crippen MR) is 66.8 cm³/mol. The number of benzene rings is 1. The molecule has 18 heavy (non-hydrogen) atoms. The molecule has 0 saturated heterocycles. The summed E-state index contributed by atoms with van der Waals surface area (Å²) in [6.45, 7) is 0.114. The first-order valence-corrected chi connectivity index (χ1v) is 7.06. The number of carbonyl (C=O) groups excluding carboxylic acids is 1. The van der Waals surface area contributed by atoms with Crippen LogP contribution in [0.2, 0.25) is 0 Å². The van der Waals surface area contributed by atoms with Gasteiger partial charge in [0.15, 0.2) is 0 Å². The quantitative estimate of drug-likeness (QED) is 0.692. The van der Waals surface area contributed by atoms with Crippen LogP contribution in [0.3, 0.4) is 0 Å². The van der Waals surface area contributed by atoms with Gasteiger partial charge in [0.2, 0.25) is 10.0 Å². The van der Waals surface area contributed by atoms with Crippen molar-refractivity contribution in [2.75, 3.05) is 5.75 Å². The number of nitrogens with two attached hydrogens (primary N) is 2. The van der Waals surface area contributed by atoms with E-state index in [-0.39, 0.29) is 18.8 Å². The van der Waals surface area contributed by atoms with Gasteiger partial charge in [-0.3, -0.25) is 4.79 Å². The van der Waals surface area contributed by atoms with Crippen molar-refractivity contribution in [1.82, 2.24) is 0 Å². The van der Waals surface area contributed by atoms with Crippen molar-refractivity contribution in [3.8, 4) is 0 Å². The number of esters is 1. The molecule has 0 unspecified atom stereocenters. The third kappa shape index (κ3) is 5.76. The highest BCUT2D eigenvalue weighted by atomic mass is 32.2. The molecule has 0 aliphatic carbocycles. The van der Waals surface area contributed by atoms with Crippen molar-refractivity contribution in [2.45, 2.75) is 19.1 Å². The van der Waals surface area contributed by atoms with Crippen LogP contribution >= 0.6 is 0 Å². The number of carbonyl (C=O) groups is 1. The first-order chi connectivity index (χ1) is 8.38. The molecule has 1 atom stereocenters. The zero-order chi connectivity index (χ0) is 13.6. The van der Waals surface area contributed by atoms with Crippen molar-refractivity contribution in [3.63, 3.8) is 0 Å². The minimum Gasteiger partial charge on any atom is -0.460 e. The summed E-state index contributed by atoms with van der Waals surface area (Å²) < 4.78 is 26.4. The number of primary sulfonamides is 1. The van der Waals surface area contributed by atoms with Crippen molar-refractivity contribution >= 4 is 16.0 Å². The largest absolute Gasteiger partial charge is 0.460 e. The lowest BCUT2D eigenvalue weighted by atomic mass is 10.2. The van der Waals surface area contributed by atoms with Crippen LogP contribution < -0.4 is 10.9 Å². The lowest BCUT2D eigenvalue weighted by molar-refractivity contribution is -0.146. The van der Waals surface area contributed by atoms with E-state index >= 15 is 0 Å². The van der Waals surface area contributed by atoms with Crippen LogP contribution in [0.25, 0.3) is 0 Å². The summed E-state index contributed by atoms with van der Waals surface area (Å²) in [7, 11) is -3.61. The minimum absolute atomic E-state index is 0.0492. The first kappa shape index (κ1) is 14.6. The van der Waals surface area contributed by atoms with Crippen LogP contribution in [0.15, 0.2) is 30.3 Å². The SMILES string of the molecule is N[C@@H](CCS(N)(=O)=O)C(=O)OCc1ccccc1. The highest BCUT2D eigenvalue weighted by Crippen LogP contribution is 2.02. The fraction of sp³-hybridized carbons (Fsp3) is 0.364. The third-order valence-corrected chi connectivity index (χ3v) is 3.04. The summed E-state index contributed by atoms with van der Waals surface area (Å²) in [4.78, 5) is 11.5. The molecule has 0 saturated carbocycles. The molecule has 0 aliphatic rings. The Hall–Kier alpha value is -1.44. The molecule has 0 heterocycles. The average molecular weight is 272 g/mol. The third-order valence-electron chi connectivity index (χ3n) is 2.24. The molecule has 1 aromatic carbocycles. The molecule has 0 aliphatic heterocycles. The van der Waals surface area contributed by atoms with Gasteiger partial charge in [-0.05, 0) is 12.0 Å². The average Bonchev–Trinajstić information content (AvgIpc) is 2.33. The second-order valence-corrected chi connectivity index (χ2v) is 5.59.